The zero-order valence-electron chi connectivity index (χ0n) is 16.5. The van der Waals surface area contributed by atoms with Crippen LogP contribution in [-0.4, -0.2) is 40.7 Å². The first-order valence-corrected chi connectivity index (χ1v) is 10.1. The van der Waals surface area contributed by atoms with Gasteiger partial charge in [-0.1, -0.05) is 41.9 Å². The van der Waals surface area contributed by atoms with Crippen molar-refractivity contribution in [2.45, 2.75) is 31.2 Å². The van der Waals surface area contributed by atoms with Crippen molar-refractivity contribution in [1.82, 2.24) is 15.5 Å². The van der Waals surface area contributed by atoms with Gasteiger partial charge in [0.25, 0.3) is 0 Å². The molecule has 0 saturated carbocycles. The molecule has 1 aliphatic heterocycles. The molecule has 3 aromatic rings. The first kappa shape index (κ1) is 20.4. The lowest BCUT2D eigenvalue weighted by Gasteiger charge is -2.42. The second-order valence-corrected chi connectivity index (χ2v) is 7.81. The molecule has 4 rings (SSSR count). The Morgan fingerprint density at radius 1 is 1.37 bits per heavy atom. The van der Waals surface area contributed by atoms with Crippen LogP contribution in [-0.2, 0) is 6.54 Å². The Balaban J connectivity index is 1.50. The molecule has 30 heavy (non-hydrogen) atoms. The minimum atomic E-state index is -1.17. The van der Waals surface area contributed by atoms with Gasteiger partial charge in [-0.05, 0) is 17.7 Å². The molecular weight excluding hydrogens is 402 g/mol. The molecule has 8 heteroatoms. The smallest absolute Gasteiger partial charge is 0.160 e. The fraction of sp³-hybridized carbons (Fsp3) is 0.318. The maximum atomic E-state index is 11.1. The summed E-state index contributed by atoms with van der Waals surface area (Å²) in [5.74, 6) is 1.27. The molecular formula is C22H22ClN5O2. The molecule has 1 saturated heterocycles. The SMILES string of the molecule is COc1ccc(CNC2(O)CCN(c3nncc4ccccc34)C(C#N)C2)cc1Cl. The number of halogens is 1. The van der Waals surface area contributed by atoms with E-state index in [9.17, 15) is 10.4 Å². The molecule has 1 aromatic heterocycles. The molecule has 7 nitrogen and oxygen atoms in total. The van der Waals surface area contributed by atoms with Crippen LogP contribution in [0.15, 0.2) is 48.7 Å². The zero-order valence-corrected chi connectivity index (χ0v) is 17.3. The van der Waals surface area contributed by atoms with Crippen molar-refractivity contribution in [2.24, 2.45) is 0 Å². The molecule has 1 fully saturated rings. The molecule has 154 valence electrons. The number of nitrogens with zero attached hydrogens (tertiary/aromatic N) is 4. The van der Waals surface area contributed by atoms with Crippen molar-refractivity contribution < 1.29 is 9.84 Å². The summed E-state index contributed by atoms with van der Waals surface area (Å²) in [6.07, 6.45) is 2.40. The topological polar surface area (TPSA) is 94.3 Å². The Labute approximate surface area is 179 Å². The third kappa shape index (κ3) is 4.03. The van der Waals surface area contributed by atoms with Crippen molar-refractivity contribution in [3.63, 3.8) is 0 Å². The molecule has 1 aliphatic rings. The van der Waals surface area contributed by atoms with E-state index in [0.717, 1.165) is 16.3 Å². The highest BCUT2D eigenvalue weighted by Gasteiger charge is 2.39. The number of piperidine rings is 1. The van der Waals surface area contributed by atoms with Gasteiger partial charge in [0.05, 0.1) is 24.4 Å². The second kappa shape index (κ2) is 8.44. The van der Waals surface area contributed by atoms with Crippen LogP contribution in [0.1, 0.15) is 18.4 Å². The van der Waals surface area contributed by atoms with Gasteiger partial charge in [0.1, 0.15) is 17.5 Å². The number of fused-ring (bicyclic) bond motifs is 1. The monoisotopic (exact) mass is 423 g/mol. The van der Waals surface area contributed by atoms with Gasteiger partial charge < -0.3 is 14.7 Å². The van der Waals surface area contributed by atoms with Gasteiger partial charge in [-0.25, -0.2) is 0 Å². The van der Waals surface area contributed by atoms with E-state index >= 15 is 0 Å². The molecule has 2 atom stereocenters. The summed E-state index contributed by atoms with van der Waals surface area (Å²) in [5, 5.41) is 34.9. The fourth-order valence-electron chi connectivity index (χ4n) is 3.83. The van der Waals surface area contributed by atoms with Gasteiger partial charge in [0.2, 0.25) is 0 Å². The van der Waals surface area contributed by atoms with E-state index in [1.54, 1.807) is 25.4 Å². The van der Waals surface area contributed by atoms with Crippen LogP contribution in [0, 0.1) is 11.3 Å². The normalized spacial score (nSPS) is 21.4. The van der Waals surface area contributed by atoms with Crippen molar-refractivity contribution in [2.75, 3.05) is 18.6 Å². The largest absolute Gasteiger partial charge is 0.495 e. The molecule has 2 unspecified atom stereocenters. The van der Waals surface area contributed by atoms with Crippen LogP contribution in [0.2, 0.25) is 5.02 Å². The van der Waals surface area contributed by atoms with Crippen molar-refractivity contribution >= 4 is 28.2 Å². The quantitative estimate of drug-likeness (QED) is 0.608. The number of aromatic nitrogens is 2. The average molecular weight is 424 g/mol. The highest BCUT2D eigenvalue weighted by atomic mass is 35.5. The number of benzene rings is 2. The van der Waals surface area contributed by atoms with E-state index < -0.39 is 11.8 Å². The van der Waals surface area contributed by atoms with Gasteiger partial charge >= 0.3 is 0 Å². The third-order valence-electron chi connectivity index (χ3n) is 5.48. The molecule has 2 aromatic carbocycles. The third-order valence-corrected chi connectivity index (χ3v) is 5.78. The van der Waals surface area contributed by atoms with E-state index in [4.69, 9.17) is 16.3 Å². The molecule has 0 aliphatic carbocycles. The summed E-state index contributed by atoms with van der Waals surface area (Å²) in [4.78, 5) is 1.93. The van der Waals surface area contributed by atoms with Crippen LogP contribution < -0.4 is 15.0 Å². The standard InChI is InChI=1S/C22H22ClN5O2/c1-30-20-7-6-15(10-19(20)23)13-25-22(29)8-9-28(17(11-22)12-24)21-18-5-3-2-4-16(18)14-26-27-21/h2-7,10,14,17,25,29H,8-9,11,13H2,1H3. The van der Waals surface area contributed by atoms with Gasteiger partial charge in [-0.3, -0.25) is 5.32 Å². The zero-order chi connectivity index (χ0) is 21.1. The minimum absolute atomic E-state index is 0.248. The number of nitriles is 1. The summed E-state index contributed by atoms with van der Waals surface area (Å²) in [5.41, 5.74) is -0.244. The highest BCUT2D eigenvalue weighted by molar-refractivity contribution is 6.32. The summed E-state index contributed by atoms with van der Waals surface area (Å²) in [7, 11) is 1.57. The lowest BCUT2D eigenvalue weighted by molar-refractivity contribution is -0.0247. The number of aliphatic hydroxyl groups is 1. The lowest BCUT2D eigenvalue weighted by Crippen LogP contribution is -2.57. The number of methoxy groups -OCH3 is 1. The lowest BCUT2D eigenvalue weighted by atomic mass is 9.93. The van der Waals surface area contributed by atoms with Crippen LogP contribution in [0.4, 0.5) is 5.82 Å². The van der Waals surface area contributed by atoms with E-state index in [0.29, 0.717) is 36.1 Å². The van der Waals surface area contributed by atoms with Crippen LogP contribution >= 0.6 is 11.6 Å². The summed E-state index contributed by atoms with van der Waals surface area (Å²) >= 11 is 6.19. The number of hydrogen-bond acceptors (Lipinski definition) is 7. The summed E-state index contributed by atoms with van der Waals surface area (Å²) < 4.78 is 5.17. The van der Waals surface area contributed by atoms with E-state index in [2.05, 4.69) is 21.6 Å². The van der Waals surface area contributed by atoms with Crippen molar-refractivity contribution in [1.29, 1.82) is 5.26 Å². The van der Waals surface area contributed by atoms with Crippen LogP contribution in [0.3, 0.4) is 0 Å². The molecule has 2 heterocycles. The number of rotatable bonds is 5. The second-order valence-electron chi connectivity index (χ2n) is 7.40. The van der Waals surface area contributed by atoms with Gasteiger partial charge in [-0.2, -0.15) is 10.4 Å². The Morgan fingerprint density at radius 2 is 2.20 bits per heavy atom. The van der Waals surface area contributed by atoms with Gasteiger partial charge in [-0.15, -0.1) is 5.10 Å². The Morgan fingerprint density at radius 3 is 2.97 bits per heavy atom. The molecule has 0 bridgehead atoms. The minimum Gasteiger partial charge on any atom is -0.495 e. The van der Waals surface area contributed by atoms with Gasteiger partial charge in [0, 0.05) is 36.7 Å². The first-order valence-electron chi connectivity index (χ1n) is 9.69. The Bertz CT molecular complexity index is 1100. The van der Waals surface area contributed by atoms with E-state index in [-0.39, 0.29) is 6.42 Å². The first-order chi connectivity index (χ1) is 14.5. The number of nitrogens with one attached hydrogen (secondary N) is 1. The molecule has 0 spiro atoms. The van der Waals surface area contributed by atoms with E-state index in [1.807, 2.05) is 35.2 Å². The maximum absolute atomic E-state index is 11.1. The van der Waals surface area contributed by atoms with Crippen LogP contribution in [0.25, 0.3) is 10.8 Å². The Kier molecular flexibility index (Phi) is 5.73. The van der Waals surface area contributed by atoms with Gasteiger partial charge in [0.15, 0.2) is 5.82 Å². The van der Waals surface area contributed by atoms with Crippen molar-refractivity contribution in [3.8, 4) is 11.8 Å². The van der Waals surface area contributed by atoms with Crippen molar-refractivity contribution in [3.05, 3.63) is 59.2 Å². The summed E-state index contributed by atoms with van der Waals surface area (Å²) in [6, 6.07) is 15.1. The Hall–Kier alpha value is -2.92. The predicted octanol–water partition coefficient (Wildman–Crippen LogP) is 3.26. The molecule has 2 N–H and O–H groups in total. The average Bonchev–Trinajstić information content (AvgIpc) is 2.77. The fourth-order valence-corrected chi connectivity index (χ4v) is 4.11. The highest BCUT2D eigenvalue weighted by Crippen LogP contribution is 2.32. The van der Waals surface area contributed by atoms with Crippen LogP contribution in [0.5, 0.6) is 5.75 Å². The molecule has 0 radical (unpaired) electrons. The number of anilines is 1. The number of hydrogen-bond donors (Lipinski definition) is 2. The number of ether oxygens (including phenoxy) is 1. The summed E-state index contributed by atoms with van der Waals surface area (Å²) in [6.45, 7) is 0.903. The predicted molar refractivity (Wildman–Crippen MR) is 115 cm³/mol. The maximum Gasteiger partial charge on any atom is 0.160 e. The van der Waals surface area contributed by atoms with E-state index in [1.165, 1.54) is 0 Å². The molecule has 0 amide bonds.